The number of aryl methyl sites for hydroxylation is 1. The molecule has 4 aromatic rings. The Morgan fingerprint density at radius 3 is 2.09 bits per heavy atom. The highest BCUT2D eigenvalue weighted by molar-refractivity contribution is 7.92. The molecular weight excluding hydrogens is 456 g/mol. The average molecular weight is 477 g/mol. The van der Waals surface area contributed by atoms with E-state index in [1.54, 1.807) is 66.7 Å². The molecule has 0 aliphatic heterocycles. The van der Waals surface area contributed by atoms with Gasteiger partial charge >= 0.3 is 0 Å². The first-order chi connectivity index (χ1) is 15.8. The van der Waals surface area contributed by atoms with Gasteiger partial charge in [0.2, 0.25) is 0 Å². The van der Waals surface area contributed by atoms with Crippen LogP contribution in [0, 0.1) is 6.92 Å². The summed E-state index contributed by atoms with van der Waals surface area (Å²) < 4.78 is 28.1. The lowest BCUT2D eigenvalue weighted by molar-refractivity contribution is 0.103. The number of benzene rings is 4. The van der Waals surface area contributed by atoms with Gasteiger partial charge in [0.15, 0.2) is 5.78 Å². The highest BCUT2D eigenvalue weighted by atomic mass is 35.5. The second-order valence-electron chi connectivity index (χ2n) is 7.43. The Labute approximate surface area is 198 Å². The molecule has 0 saturated heterocycles. The predicted molar refractivity (Wildman–Crippen MR) is 133 cm³/mol. The topological polar surface area (TPSA) is 75.3 Å². The van der Waals surface area contributed by atoms with Crippen LogP contribution >= 0.6 is 11.6 Å². The molecule has 0 radical (unpaired) electrons. The molecule has 7 heteroatoms. The Bertz CT molecular complexity index is 1420. The molecule has 0 atom stereocenters. The van der Waals surface area contributed by atoms with E-state index in [4.69, 9.17) is 11.6 Å². The Morgan fingerprint density at radius 2 is 1.39 bits per heavy atom. The minimum absolute atomic E-state index is 0.152. The normalized spacial score (nSPS) is 11.1. The van der Waals surface area contributed by atoms with Crippen molar-refractivity contribution in [2.45, 2.75) is 11.8 Å². The molecule has 0 heterocycles. The van der Waals surface area contributed by atoms with Gasteiger partial charge in [-0.15, -0.1) is 0 Å². The summed E-state index contributed by atoms with van der Waals surface area (Å²) in [6, 6.07) is 27.5. The summed E-state index contributed by atoms with van der Waals surface area (Å²) in [7, 11) is -3.75. The van der Waals surface area contributed by atoms with E-state index in [0.717, 1.165) is 5.56 Å². The fourth-order valence-corrected chi connectivity index (χ4v) is 4.76. The van der Waals surface area contributed by atoms with Crippen molar-refractivity contribution < 1.29 is 13.2 Å². The van der Waals surface area contributed by atoms with Gasteiger partial charge in [-0.3, -0.25) is 9.52 Å². The number of carbonyl (C=O) groups excluding carboxylic acids is 1. The summed E-state index contributed by atoms with van der Waals surface area (Å²) in [5.41, 5.74) is 3.42. The number of ketones is 1. The number of sulfonamides is 1. The first-order valence-electron chi connectivity index (χ1n) is 10.2. The third-order valence-electron chi connectivity index (χ3n) is 5.11. The first-order valence-corrected chi connectivity index (χ1v) is 12.0. The van der Waals surface area contributed by atoms with Crippen LogP contribution in [0.4, 0.5) is 17.1 Å². The Kier molecular flexibility index (Phi) is 6.49. The summed E-state index contributed by atoms with van der Waals surface area (Å²) in [6.45, 7) is 1.88. The highest BCUT2D eigenvalue weighted by Gasteiger charge is 2.17. The van der Waals surface area contributed by atoms with E-state index < -0.39 is 10.0 Å². The number of nitrogens with one attached hydrogen (secondary N) is 2. The number of anilines is 3. The van der Waals surface area contributed by atoms with E-state index in [0.29, 0.717) is 33.2 Å². The van der Waals surface area contributed by atoms with Gasteiger partial charge in [-0.05, 0) is 55.0 Å². The van der Waals surface area contributed by atoms with Gasteiger partial charge in [0, 0.05) is 16.8 Å². The molecule has 4 rings (SSSR count). The first kappa shape index (κ1) is 22.6. The lowest BCUT2D eigenvalue weighted by Gasteiger charge is -2.15. The van der Waals surface area contributed by atoms with E-state index in [9.17, 15) is 13.2 Å². The maximum Gasteiger partial charge on any atom is 0.261 e. The molecule has 0 aliphatic rings. The number of carbonyl (C=O) groups is 1. The highest BCUT2D eigenvalue weighted by Crippen LogP contribution is 2.30. The van der Waals surface area contributed by atoms with Gasteiger partial charge < -0.3 is 5.32 Å². The van der Waals surface area contributed by atoms with Crippen molar-refractivity contribution in [3.8, 4) is 0 Å². The summed E-state index contributed by atoms with van der Waals surface area (Å²) in [5, 5.41) is 3.48. The standard InChI is InChI=1S/C26H21ClN2O3S/c1-18-9-5-6-12-21(18)26(30)22-16-15-19(17-23(22)27)28-24-13-7-8-14-25(24)29-33(31,32)20-10-3-2-4-11-20/h2-17,28-29H,1H3. The van der Waals surface area contributed by atoms with Crippen LogP contribution in [-0.2, 0) is 10.0 Å². The van der Waals surface area contributed by atoms with Crippen molar-refractivity contribution in [3.63, 3.8) is 0 Å². The second-order valence-corrected chi connectivity index (χ2v) is 9.52. The number of halogens is 1. The SMILES string of the molecule is Cc1ccccc1C(=O)c1ccc(Nc2ccccc2NS(=O)(=O)c2ccccc2)cc1Cl. The molecule has 4 aromatic carbocycles. The molecule has 166 valence electrons. The van der Waals surface area contributed by atoms with Gasteiger partial charge in [-0.25, -0.2) is 8.42 Å². The molecule has 0 amide bonds. The zero-order valence-corrected chi connectivity index (χ0v) is 19.3. The quantitative estimate of drug-likeness (QED) is 0.301. The van der Waals surface area contributed by atoms with Crippen molar-refractivity contribution >= 4 is 44.5 Å². The third kappa shape index (κ3) is 5.08. The van der Waals surface area contributed by atoms with E-state index >= 15 is 0 Å². The van der Waals surface area contributed by atoms with Crippen LogP contribution < -0.4 is 10.0 Å². The lowest BCUT2D eigenvalue weighted by Crippen LogP contribution is -2.13. The van der Waals surface area contributed by atoms with Gasteiger partial charge in [-0.1, -0.05) is 66.2 Å². The zero-order valence-electron chi connectivity index (χ0n) is 17.7. The minimum atomic E-state index is -3.75. The summed E-state index contributed by atoms with van der Waals surface area (Å²) in [4.78, 5) is 13.1. The Morgan fingerprint density at radius 1 is 0.758 bits per heavy atom. The van der Waals surface area contributed by atoms with Gasteiger partial charge in [-0.2, -0.15) is 0 Å². The fraction of sp³-hybridized carbons (Fsp3) is 0.0385. The van der Waals surface area contributed by atoms with Crippen LogP contribution in [0.25, 0.3) is 0 Å². The number of hydrogen-bond donors (Lipinski definition) is 2. The van der Waals surface area contributed by atoms with E-state index in [2.05, 4.69) is 10.0 Å². The van der Waals surface area contributed by atoms with E-state index in [-0.39, 0.29) is 10.7 Å². The molecule has 0 fully saturated rings. The monoisotopic (exact) mass is 476 g/mol. The average Bonchev–Trinajstić information content (AvgIpc) is 2.81. The van der Waals surface area contributed by atoms with Crippen LogP contribution in [0.3, 0.4) is 0 Å². The van der Waals surface area contributed by atoms with Gasteiger partial charge in [0.25, 0.3) is 10.0 Å². The smallest absolute Gasteiger partial charge is 0.261 e. The third-order valence-corrected chi connectivity index (χ3v) is 6.80. The molecule has 0 aliphatic carbocycles. The van der Waals surface area contributed by atoms with Gasteiger partial charge in [0.1, 0.15) is 0 Å². The van der Waals surface area contributed by atoms with Crippen LogP contribution in [-0.4, -0.2) is 14.2 Å². The van der Waals surface area contributed by atoms with Crippen molar-refractivity contribution in [1.82, 2.24) is 0 Å². The predicted octanol–water partition coefficient (Wildman–Crippen LogP) is 6.42. The Hall–Kier alpha value is -3.61. The maximum absolute atomic E-state index is 12.9. The van der Waals surface area contributed by atoms with Gasteiger partial charge in [0.05, 0.1) is 21.3 Å². The van der Waals surface area contributed by atoms with E-state index in [1.165, 1.54) is 12.1 Å². The molecule has 0 aromatic heterocycles. The molecule has 0 unspecified atom stereocenters. The number of rotatable bonds is 7. The van der Waals surface area contributed by atoms with Crippen LogP contribution in [0.15, 0.2) is 102 Å². The van der Waals surface area contributed by atoms with Crippen molar-refractivity contribution in [1.29, 1.82) is 0 Å². The second kappa shape index (κ2) is 9.48. The molecule has 33 heavy (non-hydrogen) atoms. The molecule has 2 N–H and O–H groups in total. The molecule has 5 nitrogen and oxygen atoms in total. The summed E-state index contributed by atoms with van der Waals surface area (Å²) in [6.07, 6.45) is 0. The van der Waals surface area contributed by atoms with E-state index in [1.807, 2.05) is 25.1 Å². The van der Waals surface area contributed by atoms with Crippen LogP contribution in [0.1, 0.15) is 21.5 Å². The van der Waals surface area contributed by atoms with Crippen LogP contribution in [0.5, 0.6) is 0 Å². The van der Waals surface area contributed by atoms with Crippen molar-refractivity contribution in [2.75, 3.05) is 10.0 Å². The lowest BCUT2D eigenvalue weighted by atomic mass is 9.99. The number of hydrogen-bond acceptors (Lipinski definition) is 4. The number of para-hydroxylation sites is 2. The Balaban J connectivity index is 1.59. The summed E-state index contributed by atoms with van der Waals surface area (Å²) >= 11 is 6.45. The largest absolute Gasteiger partial charge is 0.354 e. The maximum atomic E-state index is 12.9. The van der Waals surface area contributed by atoms with Crippen molar-refractivity contribution in [2.24, 2.45) is 0 Å². The van der Waals surface area contributed by atoms with Crippen LogP contribution in [0.2, 0.25) is 5.02 Å². The summed E-state index contributed by atoms with van der Waals surface area (Å²) in [5.74, 6) is -0.152. The molecule has 0 bridgehead atoms. The molecule has 0 spiro atoms. The molecule has 0 saturated carbocycles. The minimum Gasteiger partial charge on any atom is -0.354 e. The molecular formula is C26H21ClN2O3S. The zero-order chi connectivity index (χ0) is 23.4. The fourth-order valence-electron chi connectivity index (χ4n) is 3.39. The van der Waals surface area contributed by atoms with Crippen molar-refractivity contribution in [3.05, 3.63) is 119 Å².